The van der Waals surface area contributed by atoms with E-state index in [9.17, 15) is 9.59 Å². The van der Waals surface area contributed by atoms with Crippen LogP contribution in [0.3, 0.4) is 0 Å². The van der Waals surface area contributed by atoms with Crippen LogP contribution in [0, 0.1) is 5.92 Å². The van der Waals surface area contributed by atoms with Crippen LogP contribution in [0.5, 0.6) is 0 Å². The van der Waals surface area contributed by atoms with Gasteiger partial charge in [0, 0.05) is 13.1 Å². The van der Waals surface area contributed by atoms with Crippen molar-refractivity contribution in [3.05, 3.63) is 17.8 Å². The molecule has 1 aliphatic rings. The second-order valence-electron chi connectivity index (χ2n) is 4.10. The number of anilines is 1. The van der Waals surface area contributed by atoms with Gasteiger partial charge in [0.2, 0.25) is 0 Å². The second kappa shape index (κ2) is 4.99. The second-order valence-corrected chi connectivity index (χ2v) is 4.10. The third kappa shape index (κ3) is 2.39. The number of aromatic nitrogens is 2. The number of nitrogens with two attached hydrogens (primary N) is 1. The van der Waals surface area contributed by atoms with Crippen molar-refractivity contribution in [2.75, 3.05) is 25.1 Å². The van der Waals surface area contributed by atoms with Gasteiger partial charge < -0.3 is 15.4 Å². The van der Waals surface area contributed by atoms with Crippen molar-refractivity contribution < 1.29 is 14.3 Å². The van der Waals surface area contributed by atoms with Crippen LogP contribution >= 0.6 is 0 Å². The number of hydrogen-bond donors (Lipinski definition) is 1. The number of nitrogens with zero attached hydrogens (tertiary/aromatic N) is 3. The Morgan fingerprint density at radius 2 is 2.22 bits per heavy atom. The molecular weight excluding hydrogens is 236 g/mol. The maximum absolute atomic E-state index is 11.4. The predicted molar refractivity (Wildman–Crippen MR) is 62.9 cm³/mol. The summed E-state index contributed by atoms with van der Waals surface area (Å²) in [5.74, 6) is -0.318. The van der Waals surface area contributed by atoms with Gasteiger partial charge in [-0.05, 0) is 18.6 Å². The van der Waals surface area contributed by atoms with Crippen LogP contribution in [0.1, 0.15) is 16.9 Å². The third-order valence-corrected chi connectivity index (χ3v) is 2.95. The molecule has 1 unspecified atom stereocenters. The first-order chi connectivity index (χ1) is 8.61. The minimum absolute atomic E-state index is 0.127. The molecule has 0 aromatic carbocycles. The zero-order valence-electron chi connectivity index (χ0n) is 10.00. The standard InChI is InChI=1S/C11H14N4O3/c1-18-11(17)7-4-5-15(6-7)9-3-2-8(10(12)16)13-14-9/h2-3,7H,4-6H2,1H3,(H2,12,16). The van der Waals surface area contributed by atoms with Crippen molar-refractivity contribution in [3.8, 4) is 0 Å². The molecule has 0 spiro atoms. The normalized spacial score (nSPS) is 18.7. The van der Waals surface area contributed by atoms with E-state index in [0.29, 0.717) is 18.9 Å². The maximum atomic E-state index is 11.4. The molecule has 0 radical (unpaired) electrons. The highest BCUT2D eigenvalue weighted by atomic mass is 16.5. The van der Waals surface area contributed by atoms with Gasteiger partial charge in [-0.25, -0.2) is 0 Å². The molecule has 1 atom stereocenters. The van der Waals surface area contributed by atoms with Gasteiger partial charge >= 0.3 is 5.97 Å². The Labute approximate surface area is 104 Å². The van der Waals surface area contributed by atoms with E-state index >= 15 is 0 Å². The van der Waals surface area contributed by atoms with Crippen molar-refractivity contribution >= 4 is 17.7 Å². The molecule has 1 fully saturated rings. The Balaban J connectivity index is 2.05. The number of ether oxygens (including phenoxy) is 1. The minimum Gasteiger partial charge on any atom is -0.469 e. The summed E-state index contributed by atoms with van der Waals surface area (Å²) in [4.78, 5) is 24.2. The summed E-state index contributed by atoms with van der Waals surface area (Å²) in [6, 6.07) is 3.20. The van der Waals surface area contributed by atoms with Crippen LogP contribution in [0.15, 0.2) is 12.1 Å². The van der Waals surface area contributed by atoms with E-state index in [-0.39, 0.29) is 17.6 Å². The number of hydrogen-bond acceptors (Lipinski definition) is 6. The Hall–Kier alpha value is -2.18. The molecule has 7 nitrogen and oxygen atoms in total. The molecule has 0 saturated carbocycles. The van der Waals surface area contributed by atoms with E-state index in [2.05, 4.69) is 10.2 Å². The average molecular weight is 250 g/mol. The van der Waals surface area contributed by atoms with Crippen molar-refractivity contribution in [2.24, 2.45) is 11.7 Å². The molecule has 0 bridgehead atoms. The smallest absolute Gasteiger partial charge is 0.310 e. The van der Waals surface area contributed by atoms with E-state index in [1.807, 2.05) is 4.90 Å². The number of rotatable bonds is 3. The molecule has 2 heterocycles. The molecular formula is C11H14N4O3. The number of carbonyl (C=O) groups is 2. The van der Waals surface area contributed by atoms with E-state index in [0.717, 1.165) is 6.42 Å². The van der Waals surface area contributed by atoms with E-state index in [4.69, 9.17) is 10.5 Å². The van der Waals surface area contributed by atoms with Crippen LogP contribution in [0.4, 0.5) is 5.82 Å². The number of amides is 1. The Morgan fingerprint density at radius 3 is 2.78 bits per heavy atom. The molecule has 2 N–H and O–H groups in total. The highest BCUT2D eigenvalue weighted by Crippen LogP contribution is 2.22. The van der Waals surface area contributed by atoms with Gasteiger partial charge in [-0.3, -0.25) is 9.59 Å². The summed E-state index contributed by atoms with van der Waals surface area (Å²) in [5, 5.41) is 7.65. The molecule has 1 saturated heterocycles. The molecule has 18 heavy (non-hydrogen) atoms. The highest BCUT2D eigenvalue weighted by molar-refractivity contribution is 5.90. The van der Waals surface area contributed by atoms with E-state index in [1.165, 1.54) is 13.2 Å². The molecule has 2 rings (SSSR count). The SMILES string of the molecule is COC(=O)C1CCN(c2ccc(C(N)=O)nn2)C1. The molecule has 1 aromatic rings. The lowest BCUT2D eigenvalue weighted by Gasteiger charge is -2.16. The third-order valence-electron chi connectivity index (χ3n) is 2.95. The van der Waals surface area contributed by atoms with Crippen molar-refractivity contribution in [3.63, 3.8) is 0 Å². The first kappa shape index (κ1) is 12.3. The zero-order chi connectivity index (χ0) is 13.1. The summed E-state index contributed by atoms with van der Waals surface area (Å²) in [5.41, 5.74) is 5.21. The lowest BCUT2D eigenvalue weighted by Crippen LogP contribution is -2.25. The van der Waals surface area contributed by atoms with Crippen LogP contribution in [0.2, 0.25) is 0 Å². The van der Waals surface area contributed by atoms with Crippen molar-refractivity contribution in [1.82, 2.24) is 10.2 Å². The van der Waals surface area contributed by atoms with Crippen molar-refractivity contribution in [1.29, 1.82) is 0 Å². The van der Waals surface area contributed by atoms with Crippen LogP contribution < -0.4 is 10.6 Å². The summed E-state index contributed by atoms with van der Waals surface area (Å²) in [6.45, 7) is 1.27. The van der Waals surface area contributed by atoms with Crippen molar-refractivity contribution in [2.45, 2.75) is 6.42 Å². The topological polar surface area (TPSA) is 98.4 Å². The summed E-state index contributed by atoms with van der Waals surface area (Å²) in [7, 11) is 1.38. The monoisotopic (exact) mass is 250 g/mol. The number of carbonyl (C=O) groups excluding carboxylic acids is 2. The van der Waals surface area contributed by atoms with Gasteiger partial charge in [-0.15, -0.1) is 10.2 Å². The Morgan fingerprint density at radius 1 is 1.44 bits per heavy atom. The van der Waals surface area contributed by atoms with E-state index in [1.54, 1.807) is 6.07 Å². The number of methoxy groups -OCH3 is 1. The fraction of sp³-hybridized carbons (Fsp3) is 0.455. The van der Waals surface area contributed by atoms with Gasteiger partial charge in [-0.1, -0.05) is 0 Å². The lowest BCUT2D eigenvalue weighted by molar-refractivity contribution is -0.144. The minimum atomic E-state index is -0.608. The molecule has 0 aliphatic carbocycles. The Bertz CT molecular complexity index is 460. The Kier molecular flexibility index (Phi) is 3.40. The van der Waals surface area contributed by atoms with Crippen LogP contribution in [0.25, 0.3) is 0 Å². The highest BCUT2D eigenvalue weighted by Gasteiger charge is 2.29. The molecule has 96 valence electrons. The molecule has 1 aliphatic heterocycles. The number of esters is 1. The fourth-order valence-electron chi connectivity index (χ4n) is 1.95. The average Bonchev–Trinajstić information content (AvgIpc) is 2.87. The quantitative estimate of drug-likeness (QED) is 0.731. The number of primary amides is 1. The van der Waals surface area contributed by atoms with Gasteiger partial charge in [0.25, 0.3) is 5.91 Å². The van der Waals surface area contributed by atoms with E-state index < -0.39 is 5.91 Å². The zero-order valence-corrected chi connectivity index (χ0v) is 10.00. The van der Waals surface area contributed by atoms with Gasteiger partial charge in [0.05, 0.1) is 13.0 Å². The summed E-state index contributed by atoms with van der Waals surface area (Å²) in [6.07, 6.45) is 0.728. The predicted octanol–water partition coefficient (Wildman–Crippen LogP) is -0.425. The molecule has 7 heteroatoms. The van der Waals surface area contributed by atoms with Gasteiger partial charge in [-0.2, -0.15) is 0 Å². The molecule has 1 aromatic heterocycles. The van der Waals surface area contributed by atoms with Gasteiger partial charge in [0.15, 0.2) is 11.5 Å². The lowest BCUT2D eigenvalue weighted by atomic mass is 10.1. The van der Waals surface area contributed by atoms with Gasteiger partial charge in [0.1, 0.15) is 0 Å². The molecule has 1 amide bonds. The first-order valence-corrected chi connectivity index (χ1v) is 5.58. The van der Waals surface area contributed by atoms with Crippen LogP contribution in [-0.2, 0) is 9.53 Å². The summed E-state index contributed by atoms with van der Waals surface area (Å²) < 4.78 is 4.71. The fourth-order valence-corrected chi connectivity index (χ4v) is 1.95. The largest absolute Gasteiger partial charge is 0.469 e. The first-order valence-electron chi connectivity index (χ1n) is 5.58. The van der Waals surface area contributed by atoms with Crippen LogP contribution in [-0.4, -0.2) is 42.3 Å². The maximum Gasteiger partial charge on any atom is 0.310 e. The summed E-state index contributed by atoms with van der Waals surface area (Å²) >= 11 is 0.